The highest BCUT2D eigenvalue weighted by atomic mass is 35.5. The van der Waals surface area contributed by atoms with E-state index in [2.05, 4.69) is 15.6 Å². The van der Waals surface area contributed by atoms with E-state index in [1.54, 1.807) is 24.3 Å². The molecule has 140 valence electrons. The third-order valence-electron chi connectivity index (χ3n) is 4.00. The number of hydrogen-bond acceptors (Lipinski definition) is 5. The van der Waals surface area contributed by atoms with Crippen LogP contribution in [0.25, 0.3) is 20.7 Å². The predicted octanol–water partition coefficient (Wildman–Crippen LogP) is 4.47. The molecule has 1 N–H and O–H groups in total. The Kier molecular flexibility index (Phi) is 5.13. The first kappa shape index (κ1) is 18.6. The number of anilines is 1. The van der Waals surface area contributed by atoms with Crippen molar-refractivity contribution in [2.45, 2.75) is 6.54 Å². The smallest absolute Gasteiger partial charge is 0.279 e. The molecule has 2 aromatic carbocycles. The molecular weight excluding hydrogens is 419 g/mol. The number of fused-ring (bicyclic) bond motifs is 1. The van der Waals surface area contributed by atoms with Gasteiger partial charge in [-0.15, -0.1) is 16.4 Å². The summed E-state index contributed by atoms with van der Waals surface area (Å²) in [5, 5.41) is 11.6. The molecule has 0 atom stereocenters. The Morgan fingerprint density at radius 2 is 1.89 bits per heavy atom. The quantitative estimate of drug-likeness (QED) is 0.518. The van der Waals surface area contributed by atoms with Crippen LogP contribution < -0.4 is 10.9 Å². The van der Waals surface area contributed by atoms with Gasteiger partial charge < -0.3 is 5.32 Å². The van der Waals surface area contributed by atoms with E-state index >= 15 is 0 Å². The van der Waals surface area contributed by atoms with Gasteiger partial charge in [-0.05, 0) is 23.8 Å². The third kappa shape index (κ3) is 3.64. The lowest BCUT2D eigenvalue weighted by atomic mass is 10.2. The largest absolute Gasteiger partial charge is 0.323 e. The SMILES string of the molecule is O=C(Cn1nnc2sc(-c3ccccc3)cc2c1=O)Nc1cccc(Cl)c1Cl. The van der Waals surface area contributed by atoms with Gasteiger partial charge in [-0.1, -0.05) is 64.8 Å². The molecule has 0 saturated carbocycles. The van der Waals surface area contributed by atoms with Crippen molar-refractivity contribution in [1.82, 2.24) is 15.0 Å². The molecule has 28 heavy (non-hydrogen) atoms. The molecule has 2 heterocycles. The van der Waals surface area contributed by atoms with Crippen LogP contribution in [0.3, 0.4) is 0 Å². The van der Waals surface area contributed by atoms with E-state index in [4.69, 9.17) is 23.2 Å². The van der Waals surface area contributed by atoms with Gasteiger partial charge >= 0.3 is 0 Å². The van der Waals surface area contributed by atoms with Crippen LogP contribution in [0.2, 0.25) is 10.0 Å². The zero-order valence-electron chi connectivity index (χ0n) is 14.2. The first-order valence-electron chi connectivity index (χ1n) is 8.19. The maximum Gasteiger partial charge on any atom is 0.279 e. The number of nitrogens with zero attached hydrogens (tertiary/aromatic N) is 3. The summed E-state index contributed by atoms with van der Waals surface area (Å²) in [5.74, 6) is -0.460. The highest BCUT2D eigenvalue weighted by molar-refractivity contribution is 7.21. The topological polar surface area (TPSA) is 76.9 Å². The minimum absolute atomic E-state index is 0.233. The fourth-order valence-electron chi connectivity index (χ4n) is 2.66. The number of aromatic nitrogens is 3. The molecule has 0 aliphatic carbocycles. The van der Waals surface area contributed by atoms with Crippen LogP contribution in [0.5, 0.6) is 0 Å². The van der Waals surface area contributed by atoms with Crippen LogP contribution in [-0.4, -0.2) is 20.9 Å². The fraction of sp³-hybridized carbons (Fsp3) is 0.0526. The molecule has 0 unspecified atom stereocenters. The van der Waals surface area contributed by atoms with Crippen molar-refractivity contribution in [1.29, 1.82) is 0 Å². The van der Waals surface area contributed by atoms with Gasteiger partial charge in [-0.25, -0.2) is 4.68 Å². The highest BCUT2D eigenvalue weighted by Gasteiger charge is 2.14. The van der Waals surface area contributed by atoms with E-state index in [0.29, 0.717) is 20.9 Å². The minimum atomic E-state index is -0.460. The summed E-state index contributed by atoms with van der Waals surface area (Å²) in [7, 11) is 0. The van der Waals surface area contributed by atoms with Crippen molar-refractivity contribution in [3.05, 3.63) is 75.0 Å². The molecule has 4 aromatic rings. The summed E-state index contributed by atoms with van der Waals surface area (Å²) in [6.07, 6.45) is 0. The lowest BCUT2D eigenvalue weighted by Gasteiger charge is -2.08. The number of nitrogens with one attached hydrogen (secondary N) is 1. The van der Waals surface area contributed by atoms with E-state index in [1.165, 1.54) is 11.3 Å². The fourth-order valence-corrected chi connectivity index (χ4v) is 3.98. The van der Waals surface area contributed by atoms with Crippen molar-refractivity contribution in [2.24, 2.45) is 0 Å². The molecule has 0 spiro atoms. The highest BCUT2D eigenvalue weighted by Crippen LogP contribution is 2.31. The van der Waals surface area contributed by atoms with Gasteiger partial charge in [0.05, 0.1) is 21.1 Å². The van der Waals surface area contributed by atoms with Crippen molar-refractivity contribution in [3.63, 3.8) is 0 Å². The normalized spacial score (nSPS) is 10.9. The standard InChI is InChI=1S/C19H12Cl2N4O2S/c20-13-7-4-8-14(17(13)21)22-16(26)10-25-19(27)12-9-15(28-18(12)23-24-25)11-5-2-1-3-6-11/h1-9H,10H2,(H,22,26). The van der Waals surface area contributed by atoms with Gasteiger partial charge in [0.2, 0.25) is 5.91 Å². The van der Waals surface area contributed by atoms with Crippen LogP contribution in [0.15, 0.2) is 59.4 Å². The van der Waals surface area contributed by atoms with E-state index in [1.807, 2.05) is 30.3 Å². The second-order valence-electron chi connectivity index (χ2n) is 5.90. The van der Waals surface area contributed by atoms with E-state index in [-0.39, 0.29) is 17.1 Å². The summed E-state index contributed by atoms with van der Waals surface area (Å²) in [4.78, 5) is 26.5. The Morgan fingerprint density at radius 3 is 2.68 bits per heavy atom. The van der Waals surface area contributed by atoms with Crippen LogP contribution in [0.1, 0.15) is 0 Å². The Bertz CT molecular complexity index is 1240. The summed E-state index contributed by atoms with van der Waals surface area (Å²) >= 11 is 13.4. The Hall–Kier alpha value is -2.74. The lowest BCUT2D eigenvalue weighted by molar-refractivity contribution is -0.117. The molecule has 0 radical (unpaired) electrons. The summed E-state index contributed by atoms with van der Waals surface area (Å²) in [5.41, 5.74) is 0.976. The number of benzene rings is 2. The van der Waals surface area contributed by atoms with Gasteiger partial charge in [0.25, 0.3) is 5.56 Å². The molecule has 0 saturated heterocycles. The zero-order chi connectivity index (χ0) is 19.7. The number of rotatable bonds is 4. The number of carbonyl (C=O) groups is 1. The Morgan fingerprint density at radius 1 is 1.11 bits per heavy atom. The van der Waals surface area contributed by atoms with Crippen LogP contribution in [-0.2, 0) is 11.3 Å². The van der Waals surface area contributed by atoms with Crippen molar-refractivity contribution >= 4 is 56.3 Å². The zero-order valence-corrected chi connectivity index (χ0v) is 16.6. The van der Waals surface area contributed by atoms with E-state index in [9.17, 15) is 9.59 Å². The molecule has 0 aliphatic heterocycles. The predicted molar refractivity (Wildman–Crippen MR) is 112 cm³/mol. The van der Waals surface area contributed by atoms with Gasteiger partial charge in [-0.3, -0.25) is 9.59 Å². The molecule has 4 rings (SSSR count). The average molecular weight is 431 g/mol. The second kappa shape index (κ2) is 7.71. The number of carbonyl (C=O) groups excluding carboxylic acids is 1. The van der Waals surface area contributed by atoms with E-state index in [0.717, 1.165) is 15.1 Å². The minimum Gasteiger partial charge on any atom is -0.323 e. The molecular formula is C19H12Cl2N4O2S. The molecule has 2 aromatic heterocycles. The number of halogens is 2. The monoisotopic (exact) mass is 430 g/mol. The maximum atomic E-state index is 12.7. The van der Waals surface area contributed by atoms with Gasteiger partial charge in [0.1, 0.15) is 6.54 Å². The summed E-state index contributed by atoms with van der Waals surface area (Å²) in [6.45, 7) is -0.291. The van der Waals surface area contributed by atoms with Crippen LogP contribution >= 0.6 is 34.5 Å². The van der Waals surface area contributed by atoms with Gasteiger partial charge in [0.15, 0.2) is 4.83 Å². The second-order valence-corrected chi connectivity index (χ2v) is 7.71. The van der Waals surface area contributed by atoms with Crippen LogP contribution in [0, 0.1) is 0 Å². The van der Waals surface area contributed by atoms with Crippen molar-refractivity contribution < 1.29 is 4.79 Å². The van der Waals surface area contributed by atoms with Gasteiger partial charge in [-0.2, -0.15) is 0 Å². The number of thiophene rings is 1. The molecule has 0 bridgehead atoms. The van der Waals surface area contributed by atoms with Crippen LogP contribution in [0.4, 0.5) is 5.69 Å². The first-order valence-corrected chi connectivity index (χ1v) is 9.77. The lowest BCUT2D eigenvalue weighted by Crippen LogP contribution is -2.30. The summed E-state index contributed by atoms with van der Waals surface area (Å²) < 4.78 is 1.03. The summed E-state index contributed by atoms with van der Waals surface area (Å²) in [6, 6.07) is 16.4. The first-order chi connectivity index (χ1) is 13.5. The molecule has 1 amide bonds. The molecule has 6 nitrogen and oxygen atoms in total. The maximum absolute atomic E-state index is 12.7. The Balaban J connectivity index is 1.61. The molecule has 0 aliphatic rings. The van der Waals surface area contributed by atoms with E-state index < -0.39 is 5.91 Å². The number of hydrogen-bond donors (Lipinski definition) is 1. The van der Waals surface area contributed by atoms with Gasteiger partial charge in [0, 0.05) is 4.88 Å². The molecule has 0 fully saturated rings. The van der Waals surface area contributed by atoms with Crippen molar-refractivity contribution in [3.8, 4) is 10.4 Å². The Labute approximate surface area is 173 Å². The van der Waals surface area contributed by atoms with Crippen molar-refractivity contribution in [2.75, 3.05) is 5.32 Å². The average Bonchev–Trinajstić information content (AvgIpc) is 3.14. The molecule has 9 heteroatoms. The third-order valence-corrected chi connectivity index (χ3v) is 5.89. The number of amides is 1.